The van der Waals surface area contributed by atoms with Gasteiger partial charge in [0.2, 0.25) is 5.79 Å². The van der Waals surface area contributed by atoms with Crippen molar-refractivity contribution < 1.29 is 14.6 Å². The zero-order chi connectivity index (χ0) is 14.3. The van der Waals surface area contributed by atoms with Crippen LogP contribution in [-0.4, -0.2) is 53.9 Å². The number of fused-ring (bicyclic) bond motifs is 1. The minimum absolute atomic E-state index is 0.281. The van der Waals surface area contributed by atoms with Gasteiger partial charge in [-0.2, -0.15) is 0 Å². The van der Waals surface area contributed by atoms with E-state index in [-0.39, 0.29) is 5.75 Å². The number of phenolic OH excluding ortho intramolecular Hbond substituents is 1. The maximum atomic E-state index is 10.2. The van der Waals surface area contributed by atoms with Crippen LogP contribution < -0.4 is 9.47 Å². The summed E-state index contributed by atoms with van der Waals surface area (Å²) >= 11 is 0. The Morgan fingerprint density at radius 3 is 2.35 bits per heavy atom. The number of hydrogen-bond donors (Lipinski definition) is 1. The lowest BCUT2D eigenvalue weighted by Gasteiger charge is -2.32. The molecule has 0 unspecified atom stereocenters. The van der Waals surface area contributed by atoms with E-state index in [4.69, 9.17) is 9.47 Å². The third-order valence-electron chi connectivity index (χ3n) is 3.85. The van der Waals surface area contributed by atoms with Crippen LogP contribution in [0.4, 0.5) is 0 Å². The summed E-state index contributed by atoms with van der Waals surface area (Å²) < 4.78 is 11.4. The number of hydrogen-bond acceptors (Lipinski definition) is 5. The normalized spacial score (nSPS) is 22.1. The Kier molecular flexibility index (Phi) is 3.26. The van der Waals surface area contributed by atoms with Crippen molar-refractivity contribution in [3.8, 4) is 17.2 Å². The lowest BCUT2D eigenvalue weighted by molar-refractivity contribution is -0.0431. The van der Waals surface area contributed by atoms with Gasteiger partial charge in [0.25, 0.3) is 0 Å². The van der Waals surface area contributed by atoms with Gasteiger partial charge < -0.3 is 19.5 Å². The molecule has 1 fully saturated rings. The van der Waals surface area contributed by atoms with Crippen LogP contribution in [0.1, 0.15) is 19.4 Å². The van der Waals surface area contributed by atoms with Crippen molar-refractivity contribution in [1.82, 2.24) is 9.80 Å². The molecule has 1 aromatic carbocycles. The van der Waals surface area contributed by atoms with Gasteiger partial charge in [0.05, 0.1) is 0 Å². The zero-order valence-electron chi connectivity index (χ0n) is 12.3. The smallest absolute Gasteiger partial charge is 0.246 e. The van der Waals surface area contributed by atoms with Gasteiger partial charge in [-0.1, -0.05) is 0 Å². The average molecular weight is 278 g/mol. The second-order valence-electron chi connectivity index (χ2n) is 6.11. The van der Waals surface area contributed by atoms with Gasteiger partial charge in [0.1, 0.15) is 5.75 Å². The van der Waals surface area contributed by atoms with Crippen LogP contribution in [0, 0.1) is 0 Å². The van der Waals surface area contributed by atoms with E-state index in [0.29, 0.717) is 5.75 Å². The number of benzene rings is 1. The maximum Gasteiger partial charge on any atom is 0.246 e. The van der Waals surface area contributed by atoms with Crippen molar-refractivity contribution in [1.29, 1.82) is 0 Å². The first kappa shape index (κ1) is 13.5. The Morgan fingerprint density at radius 1 is 1.10 bits per heavy atom. The molecule has 5 nitrogen and oxygen atoms in total. The third-order valence-corrected chi connectivity index (χ3v) is 3.85. The Labute approximate surface area is 119 Å². The van der Waals surface area contributed by atoms with E-state index >= 15 is 0 Å². The summed E-state index contributed by atoms with van der Waals surface area (Å²) in [6.07, 6.45) is 0. The molecule has 2 heterocycles. The molecular formula is C15H22N2O3. The summed E-state index contributed by atoms with van der Waals surface area (Å²) in [6.45, 7) is 8.66. The molecule has 2 aliphatic heterocycles. The topological polar surface area (TPSA) is 45.2 Å². The van der Waals surface area contributed by atoms with Crippen LogP contribution in [0.2, 0.25) is 0 Å². The molecule has 0 aromatic heterocycles. The van der Waals surface area contributed by atoms with E-state index < -0.39 is 5.79 Å². The lowest BCUT2D eigenvalue weighted by atomic mass is 10.1. The van der Waals surface area contributed by atoms with Gasteiger partial charge in [-0.3, -0.25) is 4.90 Å². The molecule has 1 N–H and O–H groups in total. The van der Waals surface area contributed by atoms with E-state index in [9.17, 15) is 5.11 Å². The molecule has 2 aliphatic rings. The Bertz CT molecular complexity index is 508. The summed E-state index contributed by atoms with van der Waals surface area (Å²) in [7, 11) is 2.14. The fourth-order valence-corrected chi connectivity index (χ4v) is 2.67. The standard InChI is InChI=1S/C15H22N2O3/c1-15(2)19-13-8-11(12(18)9-14(13)20-15)10-17-6-4-16(3)5-7-17/h8-9,18H,4-7,10H2,1-3H3. The van der Waals surface area contributed by atoms with Crippen molar-refractivity contribution in [2.45, 2.75) is 26.2 Å². The van der Waals surface area contributed by atoms with E-state index in [1.807, 2.05) is 19.9 Å². The van der Waals surface area contributed by atoms with Crippen LogP contribution in [-0.2, 0) is 6.54 Å². The van der Waals surface area contributed by atoms with E-state index in [0.717, 1.165) is 44.0 Å². The van der Waals surface area contributed by atoms with E-state index in [1.54, 1.807) is 6.07 Å². The predicted octanol–water partition coefficient (Wildman–Crippen LogP) is 1.65. The second-order valence-corrected chi connectivity index (χ2v) is 6.11. The number of aromatic hydroxyl groups is 1. The quantitative estimate of drug-likeness (QED) is 0.891. The maximum absolute atomic E-state index is 10.2. The molecule has 0 atom stereocenters. The van der Waals surface area contributed by atoms with Gasteiger partial charge >= 0.3 is 0 Å². The number of phenols is 1. The van der Waals surface area contributed by atoms with Crippen LogP contribution in [0.5, 0.6) is 17.2 Å². The van der Waals surface area contributed by atoms with Crippen LogP contribution in [0.3, 0.4) is 0 Å². The summed E-state index contributed by atoms with van der Waals surface area (Å²) in [6, 6.07) is 3.56. The number of rotatable bonds is 2. The number of ether oxygens (including phenoxy) is 2. The molecule has 0 radical (unpaired) electrons. The van der Waals surface area contributed by atoms with E-state index in [1.165, 1.54) is 0 Å². The van der Waals surface area contributed by atoms with Crippen molar-refractivity contribution in [2.24, 2.45) is 0 Å². The molecule has 0 spiro atoms. The number of piperazine rings is 1. The first-order chi connectivity index (χ1) is 9.43. The molecule has 20 heavy (non-hydrogen) atoms. The average Bonchev–Trinajstić information content (AvgIpc) is 2.66. The highest BCUT2D eigenvalue weighted by molar-refractivity contribution is 5.52. The Morgan fingerprint density at radius 2 is 1.70 bits per heavy atom. The zero-order valence-corrected chi connectivity index (χ0v) is 12.3. The first-order valence-electron chi connectivity index (χ1n) is 7.08. The first-order valence-corrected chi connectivity index (χ1v) is 7.08. The minimum Gasteiger partial charge on any atom is -0.507 e. The lowest BCUT2D eigenvalue weighted by Crippen LogP contribution is -2.43. The van der Waals surface area contributed by atoms with Gasteiger partial charge in [-0.25, -0.2) is 0 Å². The highest BCUT2D eigenvalue weighted by atomic mass is 16.7. The minimum atomic E-state index is -0.652. The molecule has 110 valence electrons. The molecule has 0 aliphatic carbocycles. The van der Waals surface area contributed by atoms with Crippen molar-refractivity contribution in [3.63, 3.8) is 0 Å². The van der Waals surface area contributed by atoms with Crippen molar-refractivity contribution >= 4 is 0 Å². The predicted molar refractivity (Wildman–Crippen MR) is 76.2 cm³/mol. The van der Waals surface area contributed by atoms with Crippen LogP contribution in [0.25, 0.3) is 0 Å². The van der Waals surface area contributed by atoms with Gasteiger partial charge in [-0.05, 0) is 13.1 Å². The fourth-order valence-electron chi connectivity index (χ4n) is 2.67. The monoisotopic (exact) mass is 278 g/mol. The number of nitrogens with zero attached hydrogens (tertiary/aromatic N) is 2. The molecule has 0 amide bonds. The Balaban J connectivity index is 1.75. The van der Waals surface area contributed by atoms with Gasteiger partial charge in [0, 0.05) is 58.2 Å². The molecule has 5 heteroatoms. The van der Waals surface area contributed by atoms with E-state index in [2.05, 4.69) is 16.8 Å². The second kappa shape index (κ2) is 4.82. The van der Waals surface area contributed by atoms with Crippen LogP contribution in [0.15, 0.2) is 12.1 Å². The largest absolute Gasteiger partial charge is 0.507 e. The molecule has 1 saturated heterocycles. The van der Waals surface area contributed by atoms with Gasteiger partial charge in [0.15, 0.2) is 11.5 Å². The molecule has 1 aromatic rings. The molecule has 0 saturated carbocycles. The third kappa shape index (κ3) is 2.69. The molecule has 0 bridgehead atoms. The SMILES string of the molecule is CN1CCN(Cc2cc3c(cc2O)OC(C)(C)O3)CC1. The van der Waals surface area contributed by atoms with Crippen molar-refractivity contribution in [2.75, 3.05) is 33.2 Å². The fraction of sp³-hybridized carbons (Fsp3) is 0.600. The number of likely N-dealkylation sites (N-methyl/N-ethyl adjacent to an activating group) is 1. The highest BCUT2D eigenvalue weighted by Gasteiger charge is 2.32. The van der Waals surface area contributed by atoms with Crippen molar-refractivity contribution in [3.05, 3.63) is 17.7 Å². The molecule has 3 rings (SSSR count). The summed E-state index contributed by atoms with van der Waals surface area (Å²) in [4.78, 5) is 4.67. The highest BCUT2D eigenvalue weighted by Crippen LogP contribution is 2.43. The summed E-state index contributed by atoms with van der Waals surface area (Å²) in [5, 5.41) is 10.2. The molecular weight excluding hydrogens is 256 g/mol. The van der Waals surface area contributed by atoms with Gasteiger partial charge in [-0.15, -0.1) is 0 Å². The Hall–Kier alpha value is -1.46. The summed E-state index contributed by atoms with van der Waals surface area (Å²) in [5.41, 5.74) is 0.898. The van der Waals surface area contributed by atoms with Crippen LogP contribution >= 0.6 is 0 Å². The summed E-state index contributed by atoms with van der Waals surface area (Å²) in [5.74, 6) is 0.969.